The summed E-state index contributed by atoms with van der Waals surface area (Å²) in [6.07, 6.45) is 5.20. The second-order valence-electron chi connectivity index (χ2n) is 6.62. The summed E-state index contributed by atoms with van der Waals surface area (Å²) in [4.78, 5) is 14.5. The molecule has 0 saturated carbocycles. The number of carbonyl (C=O) groups is 1. The van der Waals surface area contributed by atoms with Gasteiger partial charge in [0.05, 0.1) is 0 Å². The van der Waals surface area contributed by atoms with Crippen LogP contribution in [0.25, 0.3) is 0 Å². The lowest BCUT2D eigenvalue weighted by atomic mass is 9.84. The fourth-order valence-electron chi connectivity index (χ4n) is 3.73. The van der Waals surface area contributed by atoms with Crippen LogP contribution in [0.2, 0.25) is 0 Å². The van der Waals surface area contributed by atoms with Crippen molar-refractivity contribution in [2.24, 2.45) is 5.92 Å². The molecule has 0 radical (unpaired) electrons. The summed E-state index contributed by atoms with van der Waals surface area (Å²) in [7, 11) is 0. The van der Waals surface area contributed by atoms with E-state index in [9.17, 15) is 4.79 Å². The van der Waals surface area contributed by atoms with Gasteiger partial charge in [-0.3, -0.25) is 0 Å². The van der Waals surface area contributed by atoms with Crippen LogP contribution < -0.4 is 0 Å². The van der Waals surface area contributed by atoms with E-state index in [-0.39, 0.29) is 12.0 Å². The molecule has 1 unspecified atom stereocenters. The van der Waals surface area contributed by atoms with Gasteiger partial charge in [-0.25, -0.2) is 4.79 Å². The van der Waals surface area contributed by atoms with Gasteiger partial charge in [-0.1, -0.05) is 38.1 Å². The molecule has 1 fully saturated rings. The maximum atomic E-state index is 12.6. The Bertz CT molecular complexity index is 520. The summed E-state index contributed by atoms with van der Waals surface area (Å²) in [6.45, 7) is 6.00. The monoisotopic (exact) mass is 287 g/mol. The zero-order valence-electron chi connectivity index (χ0n) is 13.1. The zero-order chi connectivity index (χ0) is 14.9. The Hall–Kier alpha value is -1.51. The van der Waals surface area contributed by atoms with Crippen molar-refractivity contribution in [3.8, 4) is 0 Å². The number of hydrogen-bond donors (Lipinski definition) is 0. The summed E-state index contributed by atoms with van der Waals surface area (Å²) >= 11 is 0. The van der Waals surface area contributed by atoms with Gasteiger partial charge >= 0.3 is 6.09 Å². The normalized spacial score (nSPS) is 25.0. The standard InChI is InChI=1S/C18H25NO2/c1-14(2)18(11-10-15-8-4-5-9-16(15)18)21-17(20)19-12-6-3-7-13-19/h4-5,8-9,14H,3,6-7,10-13H2,1-2H3. The highest BCUT2D eigenvalue weighted by Gasteiger charge is 2.45. The topological polar surface area (TPSA) is 29.5 Å². The van der Waals surface area contributed by atoms with Crippen LogP contribution in [0, 0.1) is 5.92 Å². The van der Waals surface area contributed by atoms with Crippen molar-refractivity contribution in [3.05, 3.63) is 35.4 Å². The molecule has 0 aromatic heterocycles. The molecule has 0 N–H and O–H groups in total. The molecule has 1 aromatic carbocycles. The number of hydrogen-bond acceptors (Lipinski definition) is 2. The molecular formula is C18H25NO2. The predicted octanol–water partition coefficient (Wildman–Crippen LogP) is 4.11. The summed E-state index contributed by atoms with van der Waals surface area (Å²) < 4.78 is 6.11. The van der Waals surface area contributed by atoms with Gasteiger partial charge in [0.2, 0.25) is 0 Å². The molecule has 1 heterocycles. The molecule has 1 saturated heterocycles. The Labute approximate surface area is 127 Å². The number of fused-ring (bicyclic) bond motifs is 1. The molecular weight excluding hydrogens is 262 g/mol. The van der Waals surface area contributed by atoms with Crippen LogP contribution >= 0.6 is 0 Å². The Morgan fingerprint density at radius 1 is 1.19 bits per heavy atom. The number of ether oxygens (including phenoxy) is 1. The maximum Gasteiger partial charge on any atom is 0.410 e. The van der Waals surface area contributed by atoms with E-state index in [2.05, 4.69) is 38.1 Å². The van der Waals surface area contributed by atoms with Crippen LogP contribution in [0.15, 0.2) is 24.3 Å². The molecule has 1 aromatic rings. The third-order valence-corrected chi connectivity index (χ3v) is 5.06. The van der Waals surface area contributed by atoms with Gasteiger partial charge in [0.1, 0.15) is 5.60 Å². The van der Waals surface area contributed by atoms with E-state index in [1.165, 1.54) is 17.5 Å². The molecule has 3 nitrogen and oxygen atoms in total. The quantitative estimate of drug-likeness (QED) is 0.819. The molecule has 3 heteroatoms. The Balaban J connectivity index is 1.84. The summed E-state index contributed by atoms with van der Waals surface area (Å²) in [5, 5.41) is 0. The lowest BCUT2D eigenvalue weighted by Crippen LogP contribution is -2.43. The van der Waals surface area contributed by atoms with Gasteiger partial charge in [-0.2, -0.15) is 0 Å². The molecule has 1 amide bonds. The van der Waals surface area contributed by atoms with Gasteiger partial charge in [0.25, 0.3) is 0 Å². The zero-order valence-corrected chi connectivity index (χ0v) is 13.1. The van der Waals surface area contributed by atoms with E-state index in [4.69, 9.17) is 4.74 Å². The van der Waals surface area contributed by atoms with E-state index < -0.39 is 5.60 Å². The van der Waals surface area contributed by atoms with E-state index in [1.807, 2.05) is 4.90 Å². The predicted molar refractivity (Wildman–Crippen MR) is 83.2 cm³/mol. The average molecular weight is 287 g/mol. The molecule has 114 valence electrons. The van der Waals surface area contributed by atoms with Crippen molar-refractivity contribution in [3.63, 3.8) is 0 Å². The fraction of sp³-hybridized carbons (Fsp3) is 0.611. The molecule has 1 aliphatic carbocycles. The lowest BCUT2D eigenvalue weighted by Gasteiger charge is -2.37. The molecule has 21 heavy (non-hydrogen) atoms. The van der Waals surface area contributed by atoms with Crippen LogP contribution in [0.1, 0.15) is 50.7 Å². The first-order chi connectivity index (χ1) is 10.1. The summed E-state index contributed by atoms with van der Waals surface area (Å²) in [5.74, 6) is 0.287. The van der Waals surface area contributed by atoms with Crippen molar-refractivity contribution in [2.75, 3.05) is 13.1 Å². The minimum Gasteiger partial charge on any atom is -0.438 e. The Morgan fingerprint density at radius 2 is 1.90 bits per heavy atom. The Morgan fingerprint density at radius 3 is 2.62 bits per heavy atom. The van der Waals surface area contributed by atoms with Gasteiger partial charge < -0.3 is 9.64 Å². The van der Waals surface area contributed by atoms with Gasteiger partial charge in [0, 0.05) is 13.1 Å². The molecule has 1 aliphatic heterocycles. The Kier molecular flexibility index (Phi) is 3.92. The molecule has 0 bridgehead atoms. The highest BCUT2D eigenvalue weighted by molar-refractivity contribution is 5.69. The first kappa shape index (κ1) is 14.4. The second kappa shape index (κ2) is 5.70. The van der Waals surface area contributed by atoms with Gasteiger partial charge in [-0.15, -0.1) is 0 Å². The average Bonchev–Trinajstić information content (AvgIpc) is 2.88. The molecule has 2 aliphatic rings. The van der Waals surface area contributed by atoms with E-state index in [0.29, 0.717) is 0 Å². The number of piperidine rings is 1. The molecule has 0 spiro atoms. The number of aryl methyl sites for hydroxylation is 1. The molecule has 3 rings (SSSR count). The second-order valence-corrected chi connectivity index (χ2v) is 6.62. The van der Waals surface area contributed by atoms with Crippen molar-refractivity contribution in [1.82, 2.24) is 4.90 Å². The van der Waals surface area contributed by atoms with E-state index in [0.717, 1.165) is 38.8 Å². The van der Waals surface area contributed by atoms with Crippen molar-refractivity contribution in [1.29, 1.82) is 0 Å². The minimum atomic E-state index is -0.439. The lowest BCUT2D eigenvalue weighted by molar-refractivity contribution is -0.0460. The number of amides is 1. The maximum absolute atomic E-state index is 12.6. The van der Waals surface area contributed by atoms with E-state index >= 15 is 0 Å². The number of rotatable bonds is 2. The first-order valence-corrected chi connectivity index (χ1v) is 8.20. The van der Waals surface area contributed by atoms with Crippen LogP contribution in [-0.4, -0.2) is 24.1 Å². The highest BCUT2D eigenvalue weighted by atomic mass is 16.6. The van der Waals surface area contributed by atoms with Gasteiger partial charge in [0.15, 0.2) is 0 Å². The van der Waals surface area contributed by atoms with Crippen LogP contribution in [0.3, 0.4) is 0 Å². The third kappa shape index (κ3) is 2.54. The summed E-state index contributed by atoms with van der Waals surface area (Å²) in [6, 6.07) is 8.41. The number of carbonyl (C=O) groups excluding carboxylic acids is 1. The van der Waals surface area contributed by atoms with Crippen LogP contribution in [-0.2, 0) is 16.8 Å². The molecule has 1 atom stereocenters. The minimum absolute atomic E-state index is 0.125. The highest BCUT2D eigenvalue weighted by Crippen LogP contribution is 2.45. The first-order valence-electron chi connectivity index (χ1n) is 8.20. The third-order valence-electron chi connectivity index (χ3n) is 5.06. The fourth-order valence-corrected chi connectivity index (χ4v) is 3.73. The largest absolute Gasteiger partial charge is 0.438 e. The van der Waals surface area contributed by atoms with Crippen molar-refractivity contribution < 1.29 is 9.53 Å². The number of benzene rings is 1. The summed E-state index contributed by atoms with van der Waals surface area (Å²) in [5.41, 5.74) is 2.11. The van der Waals surface area contributed by atoms with Crippen molar-refractivity contribution >= 4 is 6.09 Å². The van der Waals surface area contributed by atoms with Crippen LogP contribution in [0.4, 0.5) is 4.79 Å². The number of nitrogens with zero attached hydrogens (tertiary/aromatic N) is 1. The van der Waals surface area contributed by atoms with Crippen molar-refractivity contribution in [2.45, 2.75) is 51.6 Å². The van der Waals surface area contributed by atoms with Crippen LogP contribution in [0.5, 0.6) is 0 Å². The van der Waals surface area contributed by atoms with Gasteiger partial charge in [-0.05, 0) is 49.1 Å². The smallest absolute Gasteiger partial charge is 0.410 e. The van der Waals surface area contributed by atoms with E-state index in [1.54, 1.807) is 0 Å². The SMILES string of the molecule is CC(C)C1(OC(=O)N2CCCCC2)CCc2ccccc21. The number of likely N-dealkylation sites (tertiary alicyclic amines) is 1.